The molecule has 4 rings (SSSR count). The molecule has 0 atom stereocenters. The van der Waals surface area contributed by atoms with Gasteiger partial charge >= 0.3 is 0 Å². The third-order valence-corrected chi connectivity index (χ3v) is 5.41. The number of carbonyl (C=O) groups is 1. The summed E-state index contributed by atoms with van der Waals surface area (Å²) in [5.41, 5.74) is 1.42. The first kappa shape index (κ1) is 18.2. The number of methoxy groups -OCH3 is 1. The molecule has 0 saturated heterocycles. The number of hydrogen-bond donors (Lipinski definition) is 1. The number of aromatic nitrogens is 2. The summed E-state index contributed by atoms with van der Waals surface area (Å²) in [6.45, 7) is 0.213. The Morgan fingerprint density at radius 1 is 1.14 bits per heavy atom. The van der Waals surface area contributed by atoms with E-state index in [-0.39, 0.29) is 12.5 Å². The lowest BCUT2D eigenvalue weighted by Gasteiger charge is -2.28. The molecule has 0 radical (unpaired) electrons. The van der Waals surface area contributed by atoms with Crippen LogP contribution in [0.25, 0.3) is 11.4 Å². The zero-order valence-corrected chi connectivity index (χ0v) is 15.9. The Hall–Kier alpha value is -3.15. The maximum Gasteiger partial charge on any atom is 0.246 e. The Kier molecular flexibility index (Phi) is 5.10. The van der Waals surface area contributed by atoms with Crippen LogP contribution in [0.5, 0.6) is 5.75 Å². The van der Waals surface area contributed by atoms with Gasteiger partial charge in [-0.1, -0.05) is 60.5 Å². The van der Waals surface area contributed by atoms with Crippen molar-refractivity contribution in [3.05, 3.63) is 66.1 Å². The number of carbonyl (C=O) groups excluding carboxylic acids is 1. The van der Waals surface area contributed by atoms with Crippen molar-refractivity contribution in [2.24, 2.45) is 0 Å². The number of rotatable bonds is 6. The highest BCUT2D eigenvalue weighted by Gasteiger charge is 2.42. The smallest absolute Gasteiger partial charge is 0.246 e. The lowest BCUT2D eigenvalue weighted by molar-refractivity contribution is -0.127. The maximum atomic E-state index is 13.1. The minimum absolute atomic E-state index is 0.0253. The minimum Gasteiger partial charge on any atom is -0.497 e. The van der Waals surface area contributed by atoms with Crippen molar-refractivity contribution in [2.75, 3.05) is 7.11 Å². The molecule has 1 aromatic heterocycles. The van der Waals surface area contributed by atoms with E-state index in [1.807, 2.05) is 54.6 Å². The summed E-state index contributed by atoms with van der Waals surface area (Å²) in [7, 11) is 1.61. The van der Waals surface area contributed by atoms with Gasteiger partial charge < -0.3 is 14.6 Å². The van der Waals surface area contributed by atoms with Gasteiger partial charge in [0.15, 0.2) is 0 Å². The van der Waals surface area contributed by atoms with Crippen molar-refractivity contribution in [2.45, 2.75) is 37.6 Å². The standard InChI is InChI=1S/C22H23N3O3/c1-27-18-11-7-8-16(14-18)20-24-19(28-25-20)15-23-21(26)22(12-5-6-13-22)17-9-3-2-4-10-17/h2-4,7-11,14H,5-6,12-13,15H2,1H3,(H,23,26). The lowest BCUT2D eigenvalue weighted by atomic mass is 9.78. The zero-order chi connectivity index (χ0) is 19.4. The van der Waals surface area contributed by atoms with E-state index in [9.17, 15) is 4.79 Å². The summed E-state index contributed by atoms with van der Waals surface area (Å²) >= 11 is 0. The fraction of sp³-hybridized carbons (Fsp3) is 0.318. The molecule has 0 bridgehead atoms. The Morgan fingerprint density at radius 2 is 1.93 bits per heavy atom. The van der Waals surface area contributed by atoms with Gasteiger partial charge in [0.2, 0.25) is 17.6 Å². The van der Waals surface area contributed by atoms with E-state index in [2.05, 4.69) is 15.5 Å². The highest BCUT2D eigenvalue weighted by molar-refractivity contribution is 5.88. The third kappa shape index (κ3) is 3.50. The molecule has 1 N–H and O–H groups in total. The molecule has 0 aliphatic heterocycles. The van der Waals surface area contributed by atoms with Crippen LogP contribution >= 0.6 is 0 Å². The highest BCUT2D eigenvalue weighted by Crippen LogP contribution is 2.41. The van der Waals surface area contributed by atoms with Crippen LogP contribution in [0, 0.1) is 0 Å². The van der Waals surface area contributed by atoms with E-state index in [4.69, 9.17) is 9.26 Å². The first-order chi connectivity index (χ1) is 13.7. The molecule has 6 nitrogen and oxygen atoms in total. The highest BCUT2D eigenvalue weighted by atomic mass is 16.5. The van der Waals surface area contributed by atoms with Crippen LogP contribution in [0.2, 0.25) is 0 Å². The van der Waals surface area contributed by atoms with Crippen LogP contribution in [0.15, 0.2) is 59.1 Å². The first-order valence-corrected chi connectivity index (χ1v) is 9.52. The summed E-state index contributed by atoms with van der Waals surface area (Å²) < 4.78 is 10.6. The van der Waals surface area contributed by atoms with E-state index in [0.29, 0.717) is 11.7 Å². The van der Waals surface area contributed by atoms with Crippen LogP contribution < -0.4 is 10.1 Å². The molecule has 1 aliphatic carbocycles. The molecule has 1 aliphatic rings. The Morgan fingerprint density at radius 3 is 2.68 bits per heavy atom. The molecule has 1 heterocycles. The fourth-order valence-corrected chi connectivity index (χ4v) is 3.91. The Balaban J connectivity index is 1.47. The van der Waals surface area contributed by atoms with Crippen molar-refractivity contribution in [1.82, 2.24) is 15.5 Å². The van der Waals surface area contributed by atoms with E-state index in [1.54, 1.807) is 7.11 Å². The molecule has 144 valence electrons. The first-order valence-electron chi connectivity index (χ1n) is 9.52. The number of nitrogens with one attached hydrogen (secondary N) is 1. The summed E-state index contributed by atoms with van der Waals surface area (Å²) in [4.78, 5) is 17.5. The van der Waals surface area contributed by atoms with Crippen molar-refractivity contribution < 1.29 is 14.1 Å². The molecular formula is C22H23N3O3. The predicted octanol–water partition coefficient (Wildman–Crippen LogP) is 3.87. The summed E-state index contributed by atoms with van der Waals surface area (Å²) in [6, 6.07) is 17.5. The average Bonchev–Trinajstić information content (AvgIpc) is 3.43. The number of hydrogen-bond acceptors (Lipinski definition) is 5. The van der Waals surface area contributed by atoms with Gasteiger partial charge in [-0.25, -0.2) is 0 Å². The number of benzene rings is 2. The average molecular weight is 377 g/mol. The normalized spacial score (nSPS) is 15.3. The van der Waals surface area contributed by atoms with Gasteiger partial charge in [-0.15, -0.1) is 0 Å². The van der Waals surface area contributed by atoms with Gasteiger partial charge in [-0.05, 0) is 30.5 Å². The Bertz CT molecular complexity index is 946. The second-order valence-electron chi connectivity index (χ2n) is 7.08. The SMILES string of the molecule is COc1cccc(-c2noc(CNC(=O)C3(c4ccccc4)CCCC3)n2)c1. The van der Waals surface area contributed by atoms with Gasteiger partial charge in [0.25, 0.3) is 0 Å². The van der Waals surface area contributed by atoms with Gasteiger partial charge in [-0.3, -0.25) is 4.79 Å². The third-order valence-electron chi connectivity index (χ3n) is 5.41. The van der Waals surface area contributed by atoms with E-state index < -0.39 is 5.41 Å². The van der Waals surface area contributed by atoms with Crippen LogP contribution in [0.1, 0.15) is 37.1 Å². The maximum absolute atomic E-state index is 13.1. The van der Waals surface area contributed by atoms with Gasteiger partial charge in [0, 0.05) is 5.56 Å². The minimum atomic E-state index is -0.461. The molecule has 1 saturated carbocycles. The molecule has 3 aromatic rings. The molecule has 0 spiro atoms. The number of ether oxygens (including phenoxy) is 1. The Labute approximate surface area is 163 Å². The van der Waals surface area contributed by atoms with Crippen LogP contribution in [0.4, 0.5) is 0 Å². The lowest BCUT2D eigenvalue weighted by Crippen LogP contribution is -2.42. The summed E-state index contributed by atoms with van der Waals surface area (Å²) in [6.07, 6.45) is 3.84. The van der Waals surface area contributed by atoms with Crippen molar-refractivity contribution in [3.8, 4) is 17.1 Å². The topological polar surface area (TPSA) is 77.3 Å². The van der Waals surface area contributed by atoms with Crippen molar-refractivity contribution in [1.29, 1.82) is 0 Å². The molecule has 1 amide bonds. The molecular weight excluding hydrogens is 354 g/mol. The quantitative estimate of drug-likeness (QED) is 0.705. The molecule has 28 heavy (non-hydrogen) atoms. The zero-order valence-electron chi connectivity index (χ0n) is 15.9. The van der Waals surface area contributed by atoms with Gasteiger partial charge in [0.1, 0.15) is 5.75 Å². The van der Waals surface area contributed by atoms with Crippen molar-refractivity contribution in [3.63, 3.8) is 0 Å². The van der Waals surface area contributed by atoms with Crippen LogP contribution in [-0.2, 0) is 16.8 Å². The van der Waals surface area contributed by atoms with Gasteiger partial charge in [0.05, 0.1) is 19.1 Å². The summed E-state index contributed by atoms with van der Waals surface area (Å²) in [5, 5.41) is 7.03. The predicted molar refractivity (Wildman–Crippen MR) is 105 cm³/mol. The number of amides is 1. The second kappa shape index (κ2) is 7.84. The fourth-order valence-electron chi connectivity index (χ4n) is 3.91. The largest absolute Gasteiger partial charge is 0.497 e. The van der Waals surface area contributed by atoms with Crippen molar-refractivity contribution >= 4 is 5.91 Å². The molecule has 2 aromatic carbocycles. The molecule has 1 fully saturated rings. The van der Waals surface area contributed by atoms with E-state index >= 15 is 0 Å². The van der Waals surface area contributed by atoms with Crippen LogP contribution in [-0.4, -0.2) is 23.2 Å². The van der Waals surface area contributed by atoms with Gasteiger partial charge in [-0.2, -0.15) is 4.98 Å². The summed E-state index contributed by atoms with van der Waals surface area (Å²) in [5.74, 6) is 1.61. The number of nitrogens with zero attached hydrogens (tertiary/aromatic N) is 2. The van der Waals surface area contributed by atoms with E-state index in [0.717, 1.165) is 42.6 Å². The van der Waals surface area contributed by atoms with E-state index in [1.165, 1.54) is 0 Å². The van der Waals surface area contributed by atoms with Crippen LogP contribution in [0.3, 0.4) is 0 Å². The second-order valence-corrected chi connectivity index (χ2v) is 7.08. The molecule has 6 heteroatoms. The molecule has 0 unspecified atom stereocenters. The monoisotopic (exact) mass is 377 g/mol.